The number of hydrogen-bond acceptors (Lipinski definition) is 4. The number of hydrogen-bond donors (Lipinski definition) is 2. The number of rotatable bonds is 3. The molecular weight excluding hydrogens is 174 g/mol. The third kappa shape index (κ3) is 2.16. The van der Waals surface area contributed by atoms with Gasteiger partial charge in [-0.25, -0.2) is 9.78 Å². The largest absolute Gasteiger partial charge is 0.481 e. The predicted molar refractivity (Wildman–Crippen MR) is 43.4 cm³/mol. The van der Waals surface area contributed by atoms with Crippen molar-refractivity contribution in [3.05, 3.63) is 23.9 Å². The SMILES string of the molecule is COc1ccc(C(O)C(=O)O)cn1. The van der Waals surface area contributed by atoms with Crippen molar-refractivity contribution in [2.75, 3.05) is 7.11 Å². The van der Waals surface area contributed by atoms with Gasteiger partial charge in [-0.3, -0.25) is 0 Å². The molecule has 0 aliphatic heterocycles. The topological polar surface area (TPSA) is 79.7 Å². The summed E-state index contributed by atoms with van der Waals surface area (Å²) in [6.45, 7) is 0. The number of methoxy groups -OCH3 is 1. The summed E-state index contributed by atoms with van der Waals surface area (Å²) in [5.41, 5.74) is 0.230. The van der Waals surface area contributed by atoms with Gasteiger partial charge >= 0.3 is 5.97 Å². The van der Waals surface area contributed by atoms with Crippen LogP contribution in [0.15, 0.2) is 18.3 Å². The smallest absolute Gasteiger partial charge is 0.337 e. The minimum absolute atomic E-state index is 0.230. The average Bonchev–Trinajstić information content (AvgIpc) is 2.17. The molecule has 2 N–H and O–H groups in total. The maximum absolute atomic E-state index is 10.3. The van der Waals surface area contributed by atoms with Gasteiger partial charge in [-0.15, -0.1) is 0 Å². The Morgan fingerprint density at radius 1 is 1.62 bits per heavy atom. The summed E-state index contributed by atoms with van der Waals surface area (Å²) in [5, 5.41) is 17.5. The first kappa shape index (κ1) is 9.47. The fourth-order valence-corrected chi connectivity index (χ4v) is 0.817. The molecule has 1 rings (SSSR count). The van der Waals surface area contributed by atoms with Crippen molar-refractivity contribution in [2.45, 2.75) is 6.10 Å². The molecule has 1 aromatic heterocycles. The minimum Gasteiger partial charge on any atom is -0.481 e. The molecule has 0 aliphatic carbocycles. The number of aliphatic hydroxyl groups is 1. The zero-order chi connectivity index (χ0) is 9.84. The molecule has 13 heavy (non-hydrogen) atoms. The van der Waals surface area contributed by atoms with E-state index in [-0.39, 0.29) is 5.56 Å². The standard InChI is InChI=1S/C8H9NO4/c1-13-6-3-2-5(4-9-6)7(10)8(11)12/h2-4,7,10H,1H3,(H,11,12). The fourth-order valence-electron chi connectivity index (χ4n) is 0.817. The second-order valence-corrected chi connectivity index (χ2v) is 2.37. The Kier molecular flexibility index (Phi) is 2.81. The summed E-state index contributed by atoms with van der Waals surface area (Å²) in [4.78, 5) is 14.1. The van der Waals surface area contributed by atoms with Gasteiger partial charge in [0.25, 0.3) is 0 Å². The van der Waals surface area contributed by atoms with Crippen LogP contribution >= 0.6 is 0 Å². The van der Waals surface area contributed by atoms with Gasteiger partial charge in [0.15, 0.2) is 6.10 Å². The van der Waals surface area contributed by atoms with Crippen LogP contribution in [0.4, 0.5) is 0 Å². The molecule has 5 nitrogen and oxygen atoms in total. The Morgan fingerprint density at radius 2 is 2.31 bits per heavy atom. The number of aliphatic carboxylic acids is 1. The van der Waals surface area contributed by atoms with E-state index in [4.69, 9.17) is 14.9 Å². The number of aliphatic hydroxyl groups excluding tert-OH is 1. The molecular formula is C8H9NO4. The van der Waals surface area contributed by atoms with Crippen LogP contribution in [-0.2, 0) is 4.79 Å². The van der Waals surface area contributed by atoms with E-state index in [0.29, 0.717) is 5.88 Å². The molecule has 1 unspecified atom stereocenters. The number of carboxylic acid groups (broad SMARTS) is 1. The molecule has 0 radical (unpaired) electrons. The van der Waals surface area contributed by atoms with Crippen molar-refractivity contribution in [3.8, 4) is 5.88 Å². The third-order valence-electron chi connectivity index (χ3n) is 1.52. The van der Waals surface area contributed by atoms with Gasteiger partial charge in [0, 0.05) is 17.8 Å². The summed E-state index contributed by atoms with van der Waals surface area (Å²) < 4.78 is 4.77. The van der Waals surface area contributed by atoms with E-state index in [1.807, 2.05) is 0 Å². The number of nitrogens with zero attached hydrogens (tertiary/aromatic N) is 1. The predicted octanol–water partition coefficient (Wildman–Crippen LogP) is 0.208. The number of aromatic nitrogens is 1. The lowest BCUT2D eigenvalue weighted by Gasteiger charge is -2.05. The van der Waals surface area contributed by atoms with Gasteiger partial charge in [0.1, 0.15) is 0 Å². The van der Waals surface area contributed by atoms with Crippen molar-refractivity contribution >= 4 is 5.97 Å². The van der Waals surface area contributed by atoms with Gasteiger partial charge < -0.3 is 14.9 Å². The van der Waals surface area contributed by atoms with Crippen LogP contribution < -0.4 is 4.74 Å². The highest BCUT2D eigenvalue weighted by molar-refractivity contribution is 5.73. The molecule has 1 aromatic rings. The van der Waals surface area contributed by atoms with Crippen LogP contribution in [-0.4, -0.2) is 28.3 Å². The summed E-state index contributed by atoms with van der Waals surface area (Å²) in [6, 6.07) is 2.94. The van der Waals surface area contributed by atoms with Crippen LogP contribution in [0.3, 0.4) is 0 Å². The summed E-state index contributed by atoms with van der Waals surface area (Å²) in [7, 11) is 1.45. The Bertz CT molecular complexity index is 296. The normalized spacial score (nSPS) is 12.2. The number of carboxylic acids is 1. The Labute approximate surface area is 74.6 Å². The highest BCUT2D eigenvalue weighted by Crippen LogP contribution is 2.14. The first-order valence-electron chi connectivity index (χ1n) is 3.56. The zero-order valence-corrected chi connectivity index (χ0v) is 6.97. The van der Waals surface area contributed by atoms with Crippen molar-refractivity contribution in [1.82, 2.24) is 4.98 Å². The Morgan fingerprint density at radius 3 is 2.69 bits per heavy atom. The number of pyridine rings is 1. The number of carbonyl (C=O) groups is 1. The zero-order valence-electron chi connectivity index (χ0n) is 6.97. The van der Waals surface area contributed by atoms with Crippen molar-refractivity contribution < 1.29 is 19.7 Å². The molecule has 1 heterocycles. The van der Waals surface area contributed by atoms with Crippen LogP contribution in [0.25, 0.3) is 0 Å². The Balaban J connectivity index is 2.85. The molecule has 0 saturated carbocycles. The van der Waals surface area contributed by atoms with Gasteiger partial charge in [0.2, 0.25) is 5.88 Å². The van der Waals surface area contributed by atoms with Gasteiger partial charge in [0.05, 0.1) is 7.11 Å². The quantitative estimate of drug-likeness (QED) is 0.700. The first-order chi connectivity index (χ1) is 6.15. The van der Waals surface area contributed by atoms with E-state index in [1.165, 1.54) is 25.4 Å². The highest BCUT2D eigenvalue weighted by atomic mass is 16.5. The van der Waals surface area contributed by atoms with Gasteiger partial charge in [-0.2, -0.15) is 0 Å². The van der Waals surface area contributed by atoms with E-state index in [9.17, 15) is 4.79 Å². The molecule has 0 saturated heterocycles. The maximum atomic E-state index is 10.3. The Hall–Kier alpha value is -1.62. The van der Waals surface area contributed by atoms with Crippen LogP contribution in [0, 0.1) is 0 Å². The molecule has 5 heteroatoms. The fraction of sp³-hybridized carbons (Fsp3) is 0.250. The monoisotopic (exact) mass is 183 g/mol. The summed E-state index contributed by atoms with van der Waals surface area (Å²) in [6.07, 6.45) is -0.268. The molecule has 0 aliphatic rings. The van der Waals surface area contributed by atoms with E-state index < -0.39 is 12.1 Å². The molecule has 0 amide bonds. The molecule has 1 atom stereocenters. The van der Waals surface area contributed by atoms with E-state index in [1.54, 1.807) is 0 Å². The van der Waals surface area contributed by atoms with Crippen molar-refractivity contribution in [3.63, 3.8) is 0 Å². The van der Waals surface area contributed by atoms with Crippen LogP contribution in [0.1, 0.15) is 11.7 Å². The van der Waals surface area contributed by atoms with Gasteiger partial charge in [-0.1, -0.05) is 0 Å². The molecule has 0 spiro atoms. The molecule has 70 valence electrons. The lowest BCUT2D eigenvalue weighted by molar-refractivity contribution is -0.146. The average molecular weight is 183 g/mol. The second kappa shape index (κ2) is 3.86. The second-order valence-electron chi connectivity index (χ2n) is 2.37. The van der Waals surface area contributed by atoms with E-state index in [0.717, 1.165) is 0 Å². The van der Waals surface area contributed by atoms with Crippen molar-refractivity contribution in [2.24, 2.45) is 0 Å². The molecule has 0 bridgehead atoms. The summed E-state index contributed by atoms with van der Waals surface area (Å²) in [5.74, 6) is -0.923. The van der Waals surface area contributed by atoms with E-state index in [2.05, 4.69) is 4.98 Å². The molecule has 0 aromatic carbocycles. The van der Waals surface area contributed by atoms with Crippen molar-refractivity contribution in [1.29, 1.82) is 0 Å². The highest BCUT2D eigenvalue weighted by Gasteiger charge is 2.15. The van der Waals surface area contributed by atoms with Gasteiger partial charge in [-0.05, 0) is 6.07 Å². The molecule has 0 fully saturated rings. The maximum Gasteiger partial charge on any atom is 0.337 e. The number of ether oxygens (including phenoxy) is 1. The first-order valence-corrected chi connectivity index (χ1v) is 3.56. The van der Waals surface area contributed by atoms with Crippen LogP contribution in [0.2, 0.25) is 0 Å². The van der Waals surface area contributed by atoms with E-state index >= 15 is 0 Å². The summed E-state index contributed by atoms with van der Waals surface area (Å²) >= 11 is 0. The lowest BCUT2D eigenvalue weighted by atomic mass is 10.2. The third-order valence-corrected chi connectivity index (χ3v) is 1.52. The minimum atomic E-state index is -1.53. The lowest BCUT2D eigenvalue weighted by Crippen LogP contribution is -2.10. The van der Waals surface area contributed by atoms with Crippen LogP contribution in [0.5, 0.6) is 5.88 Å².